The van der Waals surface area contributed by atoms with E-state index in [1.165, 1.54) is 11.3 Å². The summed E-state index contributed by atoms with van der Waals surface area (Å²) in [6.07, 6.45) is 0.269. The predicted molar refractivity (Wildman–Crippen MR) is 90.0 cm³/mol. The molecule has 1 N–H and O–H groups in total. The molecule has 0 unspecified atom stereocenters. The van der Waals surface area contributed by atoms with Gasteiger partial charge in [-0.15, -0.1) is 11.3 Å². The molecule has 0 fully saturated rings. The number of thioether (sulfide) groups is 1. The van der Waals surface area contributed by atoms with Crippen molar-refractivity contribution in [3.05, 3.63) is 16.0 Å². The molecule has 1 aromatic rings. The van der Waals surface area contributed by atoms with Gasteiger partial charge in [-0.25, -0.2) is 9.59 Å². The highest BCUT2D eigenvalue weighted by Crippen LogP contribution is 2.40. The lowest BCUT2D eigenvalue weighted by Crippen LogP contribution is -2.27. The molecule has 2 rings (SSSR count). The van der Waals surface area contributed by atoms with E-state index in [-0.39, 0.29) is 5.97 Å². The second-order valence-corrected chi connectivity index (χ2v) is 8.07. The van der Waals surface area contributed by atoms with Crippen molar-refractivity contribution >= 4 is 40.2 Å². The zero-order valence-electron chi connectivity index (χ0n) is 13.3. The van der Waals surface area contributed by atoms with Crippen LogP contribution in [0.25, 0.3) is 0 Å². The number of hydrogen-bond acceptors (Lipinski definition) is 6. The van der Waals surface area contributed by atoms with Crippen molar-refractivity contribution in [2.75, 3.05) is 17.7 Å². The van der Waals surface area contributed by atoms with Gasteiger partial charge in [0.25, 0.3) is 0 Å². The SMILES string of the molecule is CCOC(=O)c1c(NC(=O)OC(C)(C)C)sc2c1CCSC2. The summed E-state index contributed by atoms with van der Waals surface area (Å²) in [6.45, 7) is 7.48. The maximum absolute atomic E-state index is 12.3. The molecule has 1 aromatic heterocycles. The summed E-state index contributed by atoms with van der Waals surface area (Å²) in [5.41, 5.74) is 0.919. The van der Waals surface area contributed by atoms with Gasteiger partial charge < -0.3 is 9.47 Å². The van der Waals surface area contributed by atoms with Crippen LogP contribution in [0.4, 0.5) is 9.80 Å². The zero-order valence-corrected chi connectivity index (χ0v) is 14.9. The van der Waals surface area contributed by atoms with Gasteiger partial charge in [0.1, 0.15) is 10.6 Å². The molecular formula is C15H21NO4S2. The van der Waals surface area contributed by atoms with Crippen molar-refractivity contribution in [2.24, 2.45) is 0 Å². The van der Waals surface area contributed by atoms with Crippen LogP contribution in [0.1, 0.15) is 48.5 Å². The molecule has 1 aliphatic rings. The zero-order chi connectivity index (χ0) is 16.3. The van der Waals surface area contributed by atoms with Crippen molar-refractivity contribution in [1.82, 2.24) is 0 Å². The number of anilines is 1. The van der Waals surface area contributed by atoms with Crippen molar-refractivity contribution in [1.29, 1.82) is 0 Å². The maximum atomic E-state index is 12.3. The minimum atomic E-state index is -0.582. The topological polar surface area (TPSA) is 64.6 Å². The van der Waals surface area contributed by atoms with E-state index in [0.717, 1.165) is 28.4 Å². The highest BCUT2D eigenvalue weighted by Gasteiger charge is 2.28. The van der Waals surface area contributed by atoms with E-state index in [1.54, 1.807) is 27.7 Å². The number of hydrogen-bond donors (Lipinski definition) is 1. The molecule has 7 heteroatoms. The summed E-state index contributed by atoms with van der Waals surface area (Å²) in [5.74, 6) is 1.46. The van der Waals surface area contributed by atoms with E-state index in [2.05, 4.69) is 5.32 Å². The molecule has 0 spiro atoms. The molecule has 2 heterocycles. The largest absolute Gasteiger partial charge is 0.462 e. The van der Waals surface area contributed by atoms with Gasteiger partial charge >= 0.3 is 12.1 Å². The van der Waals surface area contributed by atoms with E-state index in [1.807, 2.05) is 11.8 Å². The van der Waals surface area contributed by atoms with Crippen LogP contribution in [0.3, 0.4) is 0 Å². The molecule has 22 heavy (non-hydrogen) atoms. The Balaban J connectivity index is 2.28. The molecule has 1 aliphatic heterocycles. The van der Waals surface area contributed by atoms with Crippen LogP contribution in [-0.4, -0.2) is 30.0 Å². The summed E-state index contributed by atoms with van der Waals surface area (Å²) in [5, 5.41) is 3.24. The lowest BCUT2D eigenvalue weighted by molar-refractivity contribution is 0.0527. The minimum Gasteiger partial charge on any atom is -0.462 e. The van der Waals surface area contributed by atoms with E-state index in [9.17, 15) is 9.59 Å². The third-order valence-electron chi connectivity index (χ3n) is 2.91. The number of esters is 1. The lowest BCUT2D eigenvalue weighted by atomic mass is 10.1. The Kier molecular flexibility index (Phi) is 5.39. The van der Waals surface area contributed by atoms with Gasteiger partial charge in [0.2, 0.25) is 0 Å². The number of amides is 1. The first-order valence-corrected chi connectivity index (χ1v) is 9.18. The number of thiophene rings is 1. The van der Waals surface area contributed by atoms with Crippen LogP contribution in [-0.2, 0) is 21.6 Å². The van der Waals surface area contributed by atoms with Gasteiger partial charge in [-0.1, -0.05) is 0 Å². The fraction of sp³-hybridized carbons (Fsp3) is 0.600. The Morgan fingerprint density at radius 2 is 2.05 bits per heavy atom. The maximum Gasteiger partial charge on any atom is 0.412 e. The standard InChI is InChI=1S/C15H21NO4S2/c1-5-19-13(17)11-9-6-7-21-8-10(9)22-12(11)16-14(18)20-15(2,3)4/h5-8H2,1-4H3,(H,16,18). The third-order valence-corrected chi connectivity index (χ3v) is 5.23. The normalized spacial score (nSPS) is 14.2. The second-order valence-electron chi connectivity index (χ2n) is 5.86. The lowest BCUT2D eigenvalue weighted by Gasteiger charge is -2.19. The molecule has 0 radical (unpaired) electrons. The number of rotatable bonds is 3. The van der Waals surface area contributed by atoms with Crippen LogP contribution in [0, 0.1) is 0 Å². The van der Waals surface area contributed by atoms with E-state index in [0.29, 0.717) is 17.2 Å². The fourth-order valence-electron chi connectivity index (χ4n) is 2.14. The van der Waals surface area contributed by atoms with E-state index in [4.69, 9.17) is 9.47 Å². The third kappa shape index (κ3) is 4.16. The van der Waals surface area contributed by atoms with E-state index >= 15 is 0 Å². The van der Waals surface area contributed by atoms with Gasteiger partial charge in [-0.2, -0.15) is 11.8 Å². The summed E-state index contributed by atoms with van der Waals surface area (Å²) in [4.78, 5) is 25.4. The summed E-state index contributed by atoms with van der Waals surface area (Å²) in [6, 6.07) is 0. The quantitative estimate of drug-likeness (QED) is 0.839. The molecule has 0 aromatic carbocycles. The van der Waals surface area contributed by atoms with Gasteiger partial charge in [0.05, 0.1) is 12.2 Å². The number of ether oxygens (including phenoxy) is 2. The molecule has 1 amide bonds. The van der Waals surface area contributed by atoms with Gasteiger partial charge in [-0.3, -0.25) is 5.32 Å². The molecule has 0 bridgehead atoms. The minimum absolute atomic E-state index is 0.310. The number of nitrogens with one attached hydrogen (secondary N) is 1. The van der Waals surface area contributed by atoms with E-state index < -0.39 is 11.7 Å². The molecule has 0 atom stereocenters. The fourth-order valence-corrected chi connectivity index (χ4v) is 4.49. The Labute approximate surface area is 138 Å². The van der Waals surface area contributed by atoms with Crippen molar-refractivity contribution in [3.8, 4) is 0 Å². The first kappa shape index (κ1) is 17.1. The summed E-state index contributed by atoms with van der Waals surface area (Å²) >= 11 is 3.26. The molecular weight excluding hydrogens is 322 g/mol. The Morgan fingerprint density at radius 1 is 1.32 bits per heavy atom. The summed E-state index contributed by atoms with van der Waals surface area (Å²) in [7, 11) is 0. The van der Waals surface area contributed by atoms with Crippen molar-refractivity contribution in [2.45, 2.75) is 45.5 Å². The monoisotopic (exact) mass is 343 g/mol. The van der Waals surface area contributed by atoms with Crippen molar-refractivity contribution in [3.63, 3.8) is 0 Å². The Hall–Kier alpha value is -1.21. The molecule has 0 saturated heterocycles. The van der Waals surface area contributed by atoms with Crippen LogP contribution < -0.4 is 5.32 Å². The van der Waals surface area contributed by atoms with Gasteiger partial charge in [-0.05, 0) is 45.4 Å². The predicted octanol–water partition coefficient (Wildman–Crippen LogP) is 4.06. The Morgan fingerprint density at radius 3 is 2.68 bits per heavy atom. The first-order valence-electron chi connectivity index (χ1n) is 7.21. The molecule has 0 saturated carbocycles. The average molecular weight is 343 g/mol. The van der Waals surface area contributed by atoms with Crippen LogP contribution in [0.15, 0.2) is 0 Å². The van der Waals surface area contributed by atoms with Crippen molar-refractivity contribution < 1.29 is 19.1 Å². The average Bonchev–Trinajstić information content (AvgIpc) is 2.74. The molecule has 122 valence electrons. The first-order chi connectivity index (χ1) is 10.3. The number of fused-ring (bicyclic) bond motifs is 1. The molecule has 0 aliphatic carbocycles. The molecule has 5 nitrogen and oxygen atoms in total. The summed E-state index contributed by atoms with van der Waals surface area (Å²) < 4.78 is 10.4. The Bertz CT molecular complexity index is 575. The highest BCUT2D eigenvalue weighted by molar-refractivity contribution is 7.98. The number of carbonyl (C=O) groups is 2. The second kappa shape index (κ2) is 6.91. The smallest absolute Gasteiger partial charge is 0.412 e. The van der Waals surface area contributed by atoms with Crippen LogP contribution >= 0.6 is 23.1 Å². The van der Waals surface area contributed by atoms with Gasteiger partial charge in [0.15, 0.2) is 0 Å². The number of carbonyl (C=O) groups excluding carboxylic acids is 2. The van der Waals surface area contributed by atoms with Gasteiger partial charge in [0, 0.05) is 10.6 Å². The van der Waals surface area contributed by atoms with Crippen LogP contribution in [0.2, 0.25) is 0 Å². The van der Waals surface area contributed by atoms with Crippen LogP contribution in [0.5, 0.6) is 0 Å². The highest BCUT2D eigenvalue weighted by atomic mass is 32.2.